The molecule has 6 nitrogen and oxygen atoms in total. The lowest BCUT2D eigenvalue weighted by Gasteiger charge is -2.22. The van der Waals surface area contributed by atoms with E-state index in [1.54, 1.807) is 0 Å². The molecule has 0 aromatic rings. The van der Waals surface area contributed by atoms with E-state index in [9.17, 15) is 19.8 Å². The number of carbonyl (C=O) groups excluding carboxylic acids is 2. The minimum Gasteiger partial charge on any atom is -0.466 e. The van der Waals surface area contributed by atoms with Crippen molar-refractivity contribution in [3.05, 3.63) is 24.3 Å². The number of nitrogens with one attached hydrogen (secondary N) is 1. The standard InChI is InChI=1S/C75H145NO5/c1-3-5-7-9-11-13-15-17-19-20-21-22-31-34-37-40-43-47-51-55-59-63-67-73(78)72(71-77)76-74(79)68-64-60-56-52-48-44-41-38-35-32-29-27-25-23-24-26-28-30-33-36-39-42-46-50-54-58-62-66-70-81-75(80)69-65-61-57-53-49-45-18-16-14-12-10-8-6-4-2/h10,12,16,18,72-73,77-78H,3-9,11,13-15,17,19-71H2,1-2H3,(H,76,79)/b12-10-,18-16-. The van der Waals surface area contributed by atoms with Crippen LogP contribution >= 0.6 is 0 Å². The zero-order valence-electron chi connectivity index (χ0n) is 55.0. The normalized spacial score (nSPS) is 12.6. The highest BCUT2D eigenvalue weighted by atomic mass is 16.5. The summed E-state index contributed by atoms with van der Waals surface area (Å²) in [7, 11) is 0. The minimum atomic E-state index is -0.663. The summed E-state index contributed by atoms with van der Waals surface area (Å²) in [4.78, 5) is 24.6. The Morgan fingerprint density at radius 3 is 0.975 bits per heavy atom. The van der Waals surface area contributed by atoms with E-state index in [0.29, 0.717) is 25.9 Å². The molecule has 0 heterocycles. The zero-order valence-corrected chi connectivity index (χ0v) is 55.0. The molecular formula is C75H145NO5. The summed E-state index contributed by atoms with van der Waals surface area (Å²) in [6.07, 6.45) is 89.6. The molecule has 0 aromatic carbocycles. The van der Waals surface area contributed by atoms with E-state index in [1.807, 2.05) is 0 Å². The first-order valence-electron chi connectivity index (χ1n) is 37.1. The second-order valence-electron chi connectivity index (χ2n) is 25.6. The molecule has 0 aliphatic rings. The van der Waals surface area contributed by atoms with Gasteiger partial charge in [0, 0.05) is 12.8 Å². The molecule has 6 heteroatoms. The molecule has 0 aliphatic carbocycles. The number of ether oxygens (including phenoxy) is 1. The van der Waals surface area contributed by atoms with E-state index in [4.69, 9.17) is 4.74 Å². The molecule has 480 valence electrons. The Labute approximate surface area is 507 Å². The number of aliphatic hydroxyl groups is 2. The smallest absolute Gasteiger partial charge is 0.305 e. The summed E-state index contributed by atoms with van der Waals surface area (Å²) in [6, 6.07) is -0.540. The zero-order chi connectivity index (χ0) is 58.5. The van der Waals surface area contributed by atoms with E-state index < -0.39 is 12.1 Å². The van der Waals surface area contributed by atoms with Crippen LogP contribution in [0.25, 0.3) is 0 Å². The molecule has 0 aromatic heterocycles. The Hall–Kier alpha value is -1.66. The van der Waals surface area contributed by atoms with Crippen molar-refractivity contribution in [2.24, 2.45) is 0 Å². The lowest BCUT2D eigenvalue weighted by molar-refractivity contribution is -0.143. The second kappa shape index (κ2) is 70.8. The van der Waals surface area contributed by atoms with E-state index in [2.05, 4.69) is 43.5 Å². The lowest BCUT2D eigenvalue weighted by atomic mass is 10.0. The molecule has 2 unspecified atom stereocenters. The van der Waals surface area contributed by atoms with E-state index in [-0.39, 0.29) is 18.5 Å². The van der Waals surface area contributed by atoms with Crippen molar-refractivity contribution in [1.29, 1.82) is 0 Å². The lowest BCUT2D eigenvalue weighted by Crippen LogP contribution is -2.45. The van der Waals surface area contributed by atoms with Crippen LogP contribution in [0.1, 0.15) is 418 Å². The number of allylic oxidation sites excluding steroid dienone is 4. The third kappa shape index (κ3) is 67.3. The van der Waals surface area contributed by atoms with Gasteiger partial charge in [-0.05, 0) is 51.4 Å². The first-order chi connectivity index (χ1) is 40.0. The quantitative estimate of drug-likeness (QED) is 0.0320. The van der Waals surface area contributed by atoms with Crippen LogP contribution in [-0.2, 0) is 14.3 Å². The van der Waals surface area contributed by atoms with Crippen LogP contribution in [-0.4, -0.2) is 47.4 Å². The molecule has 0 spiro atoms. The largest absolute Gasteiger partial charge is 0.466 e. The molecule has 0 bridgehead atoms. The highest BCUT2D eigenvalue weighted by Gasteiger charge is 2.20. The maximum absolute atomic E-state index is 12.6. The number of unbranched alkanes of at least 4 members (excludes halogenated alkanes) is 55. The predicted molar refractivity (Wildman–Crippen MR) is 356 cm³/mol. The molecule has 81 heavy (non-hydrogen) atoms. The third-order valence-electron chi connectivity index (χ3n) is 17.5. The van der Waals surface area contributed by atoms with Crippen molar-refractivity contribution >= 4 is 11.9 Å². The van der Waals surface area contributed by atoms with Crippen molar-refractivity contribution in [1.82, 2.24) is 5.32 Å². The summed E-state index contributed by atoms with van der Waals surface area (Å²) < 4.78 is 5.48. The Kier molecular flexibility index (Phi) is 69.4. The van der Waals surface area contributed by atoms with Crippen molar-refractivity contribution in [2.45, 2.75) is 431 Å². The van der Waals surface area contributed by atoms with Crippen molar-refractivity contribution in [3.8, 4) is 0 Å². The van der Waals surface area contributed by atoms with Gasteiger partial charge in [0.15, 0.2) is 0 Å². The fourth-order valence-electron chi connectivity index (χ4n) is 11.8. The maximum Gasteiger partial charge on any atom is 0.305 e. The predicted octanol–water partition coefficient (Wildman–Crippen LogP) is 24.1. The van der Waals surface area contributed by atoms with Crippen LogP contribution in [0.2, 0.25) is 0 Å². The molecule has 0 radical (unpaired) electrons. The Morgan fingerprint density at radius 2 is 0.630 bits per heavy atom. The highest BCUT2D eigenvalue weighted by Crippen LogP contribution is 2.20. The maximum atomic E-state index is 12.6. The molecule has 3 N–H and O–H groups in total. The average molecular weight is 1140 g/mol. The van der Waals surface area contributed by atoms with Crippen LogP contribution < -0.4 is 5.32 Å². The van der Waals surface area contributed by atoms with Crippen LogP contribution in [0.4, 0.5) is 0 Å². The van der Waals surface area contributed by atoms with Gasteiger partial charge in [0.2, 0.25) is 5.91 Å². The number of aliphatic hydroxyl groups excluding tert-OH is 2. The molecule has 0 rings (SSSR count). The van der Waals surface area contributed by atoms with Crippen molar-refractivity contribution in [3.63, 3.8) is 0 Å². The Balaban J connectivity index is 3.35. The van der Waals surface area contributed by atoms with Crippen LogP contribution in [0.3, 0.4) is 0 Å². The van der Waals surface area contributed by atoms with Gasteiger partial charge in [0.05, 0.1) is 25.4 Å². The molecule has 2 atom stereocenters. The van der Waals surface area contributed by atoms with Gasteiger partial charge in [-0.25, -0.2) is 0 Å². The van der Waals surface area contributed by atoms with Gasteiger partial charge < -0.3 is 20.3 Å². The fraction of sp³-hybridized carbons (Fsp3) is 0.920. The molecular weight excluding hydrogens is 995 g/mol. The molecule has 1 amide bonds. The van der Waals surface area contributed by atoms with Crippen LogP contribution in [0.5, 0.6) is 0 Å². The fourth-order valence-corrected chi connectivity index (χ4v) is 11.8. The molecule has 0 aliphatic heterocycles. The van der Waals surface area contributed by atoms with Gasteiger partial charge in [0.1, 0.15) is 0 Å². The average Bonchev–Trinajstić information content (AvgIpc) is 3.47. The SMILES string of the molecule is CCCC/C=C\C/C=C\CCCCCCCC(=O)OCCCCCCCCCCCCCCCCCCCCCCCCCCCCCCC(=O)NC(CO)C(O)CCCCCCCCCCCCCCCCCCCCCCCC. The number of esters is 1. The van der Waals surface area contributed by atoms with Gasteiger partial charge in [-0.2, -0.15) is 0 Å². The summed E-state index contributed by atoms with van der Waals surface area (Å²) in [5.41, 5.74) is 0. The van der Waals surface area contributed by atoms with E-state index in [1.165, 1.54) is 334 Å². The molecule has 0 saturated carbocycles. The van der Waals surface area contributed by atoms with Crippen LogP contribution in [0, 0.1) is 0 Å². The number of rotatable bonds is 70. The van der Waals surface area contributed by atoms with Gasteiger partial charge in [-0.15, -0.1) is 0 Å². The molecule has 0 saturated heterocycles. The first-order valence-corrected chi connectivity index (χ1v) is 37.1. The summed E-state index contributed by atoms with van der Waals surface area (Å²) >= 11 is 0. The Bertz CT molecular complexity index is 1270. The summed E-state index contributed by atoms with van der Waals surface area (Å²) in [6.45, 7) is 4.95. The van der Waals surface area contributed by atoms with Gasteiger partial charge in [-0.3, -0.25) is 9.59 Å². The highest BCUT2D eigenvalue weighted by molar-refractivity contribution is 5.76. The van der Waals surface area contributed by atoms with Gasteiger partial charge >= 0.3 is 5.97 Å². The Morgan fingerprint density at radius 1 is 0.346 bits per heavy atom. The first kappa shape index (κ1) is 79.3. The number of hydrogen-bond acceptors (Lipinski definition) is 5. The topological polar surface area (TPSA) is 95.9 Å². The monoisotopic (exact) mass is 1140 g/mol. The minimum absolute atomic E-state index is 0.00499. The second-order valence-corrected chi connectivity index (χ2v) is 25.6. The summed E-state index contributed by atoms with van der Waals surface area (Å²) in [5, 5.41) is 23.4. The summed E-state index contributed by atoms with van der Waals surface area (Å²) in [5.74, 6) is -0.0219. The van der Waals surface area contributed by atoms with Crippen molar-refractivity contribution < 1.29 is 24.5 Å². The molecule has 0 fully saturated rings. The van der Waals surface area contributed by atoms with Crippen molar-refractivity contribution in [2.75, 3.05) is 13.2 Å². The van der Waals surface area contributed by atoms with E-state index >= 15 is 0 Å². The van der Waals surface area contributed by atoms with E-state index in [0.717, 1.165) is 51.4 Å². The number of amides is 1. The van der Waals surface area contributed by atoms with Crippen LogP contribution in [0.15, 0.2) is 24.3 Å². The third-order valence-corrected chi connectivity index (χ3v) is 17.5. The number of carbonyl (C=O) groups is 2. The van der Waals surface area contributed by atoms with Gasteiger partial charge in [-0.1, -0.05) is 378 Å². The number of hydrogen-bond donors (Lipinski definition) is 3. The van der Waals surface area contributed by atoms with Gasteiger partial charge in [0.25, 0.3) is 0 Å².